The Bertz CT molecular complexity index is 801. The van der Waals surface area contributed by atoms with Crippen molar-refractivity contribution in [1.82, 2.24) is 20.4 Å². The van der Waals surface area contributed by atoms with Gasteiger partial charge in [0.15, 0.2) is 0 Å². The number of pyridine rings is 1. The molecule has 0 aliphatic carbocycles. The van der Waals surface area contributed by atoms with Crippen LogP contribution in [0.3, 0.4) is 0 Å². The van der Waals surface area contributed by atoms with Gasteiger partial charge in [0.25, 0.3) is 0 Å². The average molecular weight is 309 g/mol. The SMILES string of the molecule is Cc1nc(-c2cccc(NC(=O)NCc3cccnc3)c2)no1. The fourth-order valence-electron chi connectivity index (χ4n) is 2.01. The topological polar surface area (TPSA) is 92.9 Å². The van der Waals surface area contributed by atoms with Crippen molar-refractivity contribution in [1.29, 1.82) is 0 Å². The summed E-state index contributed by atoms with van der Waals surface area (Å²) in [5.74, 6) is 0.981. The summed E-state index contributed by atoms with van der Waals surface area (Å²) in [5, 5.41) is 9.40. The first-order chi connectivity index (χ1) is 11.2. The van der Waals surface area contributed by atoms with Gasteiger partial charge in [0.1, 0.15) is 0 Å². The van der Waals surface area contributed by atoms with Crippen LogP contribution >= 0.6 is 0 Å². The van der Waals surface area contributed by atoms with E-state index < -0.39 is 0 Å². The Labute approximate surface area is 132 Å². The van der Waals surface area contributed by atoms with E-state index in [1.165, 1.54) is 0 Å². The number of urea groups is 1. The number of benzene rings is 1. The van der Waals surface area contributed by atoms with Crippen molar-refractivity contribution < 1.29 is 9.32 Å². The van der Waals surface area contributed by atoms with E-state index in [2.05, 4.69) is 25.8 Å². The molecule has 23 heavy (non-hydrogen) atoms. The predicted octanol–water partition coefficient (Wildman–Crippen LogP) is 2.76. The number of carbonyl (C=O) groups excluding carboxylic acids is 1. The van der Waals surface area contributed by atoms with Crippen molar-refractivity contribution >= 4 is 11.7 Å². The number of nitrogens with zero attached hydrogens (tertiary/aromatic N) is 3. The Morgan fingerprint density at radius 3 is 2.91 bits per heavy atom. The third-order valence-electron chi connectivity index (χ3n) is 3.08. The predicted molar refractivity (Wildman–Crippen MR) is 84.6 cm³/mol. The molecule has 1 aromatic carbocycles. The van der Waals surface area contributed by atoms with Crippen molar-refractivity contribution in [2.75, 3.05) is 5.32 Å². The quantitative estimate of drug-likeness (QED) is 0.773. The molecule has 0 aliphatic rings. The highest BCUT2D eigenvalue weighted by Crippen LogP contribution is 2.19. The van der Waals surface area contributed by atoms with Crippen LogP contribution in [0, 0.1) is 6.92 Å². The van der Waals surface area contributed by atoms with Gasteiger partial charge in [0.2, 0.25) is 11.7 Å². The Morgan fingerprint density at radius 1 is 1.26 bits per heavy atom. The average Bonchev–Trinajstić information content (AvgIpc) is 3.01. The first-order valence-electron chi connectivity index (χ1n) is 7.05. The maximum Gasteiger partial charge on any atom is 0.319 e. The summed E-state index contributed by atoms with van der Waals surface area (Å²) in [6, 6.07) is 10.7. The van der Waals surface area contributed by atoms with Gasteiger partial charge in [-0.3, -0.25) is 4.98 Å². The Balaban J connectivity index is 1.62. The fraction of sp³-hybridized carbons (Fsp3) is 0.125. The van der Waals surface area contributed by atoms with Gasteiger partial charge in [-0.1, -0.05) is 23.4 Å². The normalized spacial score (nSPS) is 10.3. The molecule has 2 aromatic heterocycles. The van der Waals surface area contributed by atoms with E-state index in [0.717, 1.165) is 11.1 Å². The van der Waals surface area contributed by atoms with Crippen LogP contribution in [0.1, 0.15) is 11.5 Å². The molecule has 2 heterocycles. The number of anilines is 1. The summed E-state index contributed by atoms with van der Waals surface area (Å²) in [6.45, 7) is 2.13. The highest BCUT2D eigenvalue weighted by molar-refractivity contribution is 5.89. The Hall–Kier alpha value is -3.22. The lowest BCUT2D eigenvalue weighted by Gasteiger charge is -2.08. The van der Waals surface area contributed by atoms with Gasteiger partial charge in [-0.2, -0.15) is 4.98 Å². The van der Waals surface area contributed by atoms with Gasteiger partial charge in [-0.05, 0) is 23.8 Å². The van der Waals surface area contributed by atoms with E-state index in [9.17, 15) is 4.79 Å². The van der Waals surface area contributed by atoms with Crippen LogP contribution in [0.15, 0.2) is 53.3 Å². The maximum absolute atomic E-state index is 11.9. The van der Waals surface area contributed by atoms with E-state index in [-0.39, 0.29) is 6.03 Å². The van der Waals surface area contributed by atoms with E-state index in [1.54, 1.807) is 31.5 Å². The van der Waals surface area contributed by atoms with Gasteiger partial charge >= 0.3 is 6.03 Å². The molecular weight excluding hydrogens is 294 g/mol. The molecule has 2 N–H and O–H groups in total. The highest BCUT2D eigenvalue weighted by atomic mass is 16.5. The monoisotopic (exact) mass is 309 g/mol. The van der Waals surface area contributed by atoms with Crippen LogP contribution in [-0.4, -0.2) is 21.2 Å². The van der Waals surface area contributed by atoms with Gasteiger partial charge in [0.05, 0.1) is 0 Å². The molecule has 0 fully saturated rings. The van der Waals surface area contributed by atoms with Crippen molar-refractivity contribution in [3.63, 3.8) is 0 Å². The van der Waals surface area contributed by atoms with Crippen molar-refractivity contribution in [3.8, 4) is 11.4 Å². The molecule has 0 spiro atoms. The lowest BCUT2D eigenvalue weighted by atomic mass is 10.2. The second-order valence-electron chi connectivity index (χ2n) is 4.89. The zero-order valence-corrected chi connectivity index (χ0v) is 12.5. The molecule has 3 aromatic rings. The molecule has 116 valence electrons. The molecular formula is C16H15N5O2. The lowest BCUT2D eigenvalue weighted by molar-refractivity contribution is 0.251. The van der Waals surface area contributed by atoms with E-state index in [0.29, 0.717) is 23.9 Å². The van der Waals surface area contributed by atoms with Crippen LogP contribution in [0.4, 0.5) is 10.5 Å². The number of nitrogens with one attached hydrogen (secondary N) is 2. The maximum atomic E-state index is 11.9. The molecule has 0 atom stereocenters. The van der Waals surface area contributed by atoms with Gasteiger partial charge in [-0.15, -0.1) is 0 Å². The summed E-state index contributed by atoms with van der Waals surface area (Å²) in [6.07, 6.45) is 3.40. The second-order valence-corrected chi connectivity index (χ2v) is 4.89. The second kappa shape index (κ2) is 6.69. The third-order valence-corrected chi connectivity index (χ3v) is 3.08. The molecule has 0 saturated heterocycles. The van der Waals surface area contributed by atoms with Crippen molar-refractivity contribution in [3.05, 3.63) is 60.2 Å². The summed E-state index contributed by atoms with van der Waals surface area (Å²) >= 11 is 0. The van der Waals surface area contributed by atoms with Crippen LogP contribution in [-0.2, 0) is 6.54 Å². The molecule has 7 nitrogen and oxygen atoms in total. The van der Waals surface area contributed by atoms with Gasteiger partial charge in [-0.25, -0.2) is 4.79 Å². The zero-order valence-electron chi connectivity index (χ0n) is 12.5. The molecule has 7 heteroatoms. The van der Waals surface area contributed by atoms with E-state index >= 15 is 0 Å². The zero-order chi connectivity index (χ0) is 16.1. The molecule has 2 amide bonds. The summed E-state index contributed by atoms with van der Waals surface area (Å²) in [4.78, 5) is 20.1. The molecule has 0 unspecified atom stereocenters. The van der Waals surface area contributed by atoms with Crippen LogP contribution < -0.4 is 10.6 Å². The minimum Gasteiger partial charge on any atom is -0.339 e. The number of rotatable bonds is 4. The Morgan fingerprint density at radius 2 is 2.17 bits per heavy atom. The number of amides is 2. The number of carbonyl (C=O) groups is 1. The molecule has 3 rings (SSSR count). The molecule has 0 bridgehead atoms. The van der Waals surface area contributed by atoms with Gasteiger partial charge < -0.3 is 15.2 Å². The van der Waals surface area contributed by atoms with Crippen molar-refractivity contribution in [2.24, 2.45) is 0 Å². The summed E-state index contributed by atoms with van der Waals surface area (Å²) in [5.41, 5.74) is 2.35. The minimum absolute atomic E-state index is 0.296. The van der Waals surface area contributed by atoms with Crippen molar-refractivity contribution in [2.45, 2.75) is 13.5 Å². The number of aromatic nitrogens is 3. The molecule has 0 saturated carbocycles. The summed E-state index contributed by atoms with van der Waals surface area (Å²) in [7, 11) is 0. The first kappa shape index (κ1) is 14.7. The van der Waals surface area contributed by atoms with E-state index in [1.807, 2.05) is 24.3 Å². The number of aryl methyl sites for hydroxylation is 1. The standard InChI is InChI=1S/C16H15N5O2/c1-11-19-15(21-23-11)13-5-2-6-14(8-13)20-16(22)18-10-12-4-3-7-17-9-12/h2-9H,10H2,1H3,(H2,18,20,22). The Kier molecular flexibility index (Phi) is 4.28. The number of hydrogen-bond acceptors (Lipinski definition) is 5. The fourth-order valence-corrected chi connectivity index (χ4v) is 2.01. The number of hydrogen-bond donors (Lipinski definition) is 2. The smallest absolute Gasteiger partial charge is 0.319 e. The third kappa shape index (κ3) is 3.91. The summed E-state index contributed by atoms with van der Waals surface area (Å²) < 4.78 is 4.96. The lowest BCUT2D eigenvalue weighted by Crippen LogP contribution is -2.28. The first-order valence-corrected chi connectivity index (χ1v) is 7.05. The van der Waals surface area contributed by atoms with E-state index in [4.69, 9.17) is 4.52 Å². The van der Waals surface area contributed by atoms with Crippen LogP contribution in [0.2, 0.25) is 0 Å². The minimum atomic E-state index is -0.296. The highest BCUT2D eigenvalue weighted by Gasteiger charge is 2.07. The molecule has 0 radical (unpaired) electrons. The molecule has 0 aliphatic heterocycles. The van der Waals surface area contributed by atoms with Crippen LogP contribution in [0.5, 0.6) is 0 Å². The van der Waals surface area contributed by atoms with Crippen LogP contribution in [0.25, 0.3) is 11.4 Å². The largest absolute Gasteiger partial charge is 0.339 e. The van der Waals surface area contributed by atoms with Gasteiger partial charge in [0, 0.05) is 37.1 Å².